The van der Waals surface area contributed by atoms with Crippen LogP contribution in [0.4, 0.5) is 0 Å². The smallest absolute Gasteiger partial charge is 0.457 e. The van der Waals surface area contributed by atoms with Crippen molar-refractivity contribution in [3.05, 3.63) is 0 Å². The van der Waals surface area contributed by atoms with Crippen LogP contribution in [0.5, 0.6) is 0 Å². The van der Waals surface area contributed by atoms with Crippen LogP contribution in [0.2, 0.25) is 0 Å². The number of carbonyl (C=O) groups is 1. The number of nitrogens with zero attached hydrogens (tertiary/aromatic N) is 1. The first-order valence-corrected chi connectivity index (χ1v) is 21.3. The van der Waals surface area contributed by atoms with Crippen molar-refractivity contribution >= 4 is 13.8 Å². The van der Waals surface area contributed by atoms with Gasteiger partial charge in [0.15, 0.2) is 0 Å². The van der Waals surface area contributed by atoms with Crippen molar-refractivity contribution in [1.29, 1.82) is 0 Å². The number of rotatable bonds is 37. The fraction of sp³-hybridized carbons (Fsp3) is 0.974. The first-order chi connectivity index (χ1) is 22.6. The largest absolute Gasteiger partial charge is 0.472 e. The van der Waals surface area contributed by atoms with E-state index in [0.717, 1.165) is 32.1 Å². The van der Waals surface area contributed by atoms with Gasteiger partial charge in [0.25, 0.3) is 0 Å². The molecular weight excluding hydrogens is 613 g/mol. The molecule has 0 aliphatic heterocycles. The maximum absolute atomic E-state index is 12.6. The number of ether oxygens (including phenoxy) is 2. The van der Waals surface area contributed by atoms with Crippen LogP contribution in [0.15, 0.2) is 0 Å². The van der Waals surface area contributed by atoms with Gasteiger partial charge in [0.2, 0.25) is 0 Å². The second kappa shape index (κ2) is 32.7. The normalized spacial score (nSPS) is 13.9. The average molecular weight is 693 g/mol. The van der Waals surface area contributed by atoms with Crippen molar-refractivity contribution in [2.24, 2.45) is 0 Å². The minimum Gasteiger partial charge on any atom is -0.457 e. The molecule has 0 aromatic rings. The average Bonchev–Trinajstić information content (AvgIpc) is 3.01. The second-order valence-electron chi connectivity index (χ2n) is 14.7. The zero-order valence-electron chi connectivity index (χ0n) is 31.8. The Morgan fingerprint density at radius 1 is 0.574 bits per heavy atom. The van der Waals surface area contributed by atoms with Gasteiger partial charge in [-0.1, -0.05) is 162 Å². The minimum absolute atomic E-state index is 0.0929. The van der Waals surface area contributed by atoms with Crippen molar-refractivity contribution in [2.45, 2.75) is 187 Å². The van der Waals surface area contributed by atoms with Gasteiger partial charge in [0, 0.05) is 13.0 Å². The van der Waals surface area contributed by atoms with Crippen molar-refractivity contribution in [3.8, 4) is 0 Å². The van der Waals surface area contributed by atoms with Gasteiger partial charge in [-0.2, -0.15) is 0 Å². The lowest BCUT2D eigenvalue weighted by atomic mass is 10.0. The summed E-state index contributed by atoms with van der Waals surface area (Å²) in [5.74, 6) is -0.313. The highest BCUT2D eigenvalue weighted by Gasteiger charge is 2.26. The van der Waals surface area contributed by atoms with E-state index in [-0.39, 0.29) is 25.8 Å². The molecular formula is C38H79NO7P+. The van der Waals surface area contributed by atoms with E-state index in [1.54, 1.807) is 0 Å². The van der Waals surface area contributed by atoms with E-state index < -0.39 is 13.9 Å². The summed E-state index contributed by atoms with van der Waals surface area (Å²) >= 11 is 0. The van der Waals surface area contributed by atoms with Gasteiger partial charge in [-0.25, -0.2) is 4.57 Å². The maximum atomic E-state index is 12.6. The van der Waals surface area contributed by atoms with Crippen LogP contribution >= 0.6 is 7.82 Å². The summed E-state index contributed by atoms with van der Waals surface area (Å²) in [6.45, 7) is 5.61. The zero-order chi connectivity index (χ0) is 34.9. The van der Waals surface area contributed by atoms with Gasteiger partial charge in [0.1, 0.15) is 19.3 Å². The lowest BCUT2D eigenvalue weighted by Crippen LogP contribution is -2.37. The Hall–Kier alpha value is -0.500. The predicted molar refractivity (Wildman–Crippen MR) is 197 cm³/mol. The molecule has 282 valence electrons. The van der Waals surface area contributed by atoms with Crippen LogP contribution in [0.3, 0.4) is 0 Å². The molecule has 0 saturated heterocycles. The summed E-state index contributed by atoms with van der Waals surface area (Å²) in [6, 6.07) is 0. The number of phosphoric ester groups is 1. The fourth-order valence-electron chi connectivity index (χ4n) is 5.55. The number of unbranched alkanes of at least 4 members (excludes halogenated alkanes) is 23. The van der Waals surface area contributed by atoms with Gasteiger partial charge in [-0.05, 0) is 12.8 Å². The molecule has 0 aromatic heterocycles. The third-order valence-electron chi connectivity index (χ3n) is 8.67. The summed E-state index contributed by atoms with van der Waals surface area (Å²) in [5, 5.41) is 0. The molecule has 2 atom stereocenters. The molecule has 0 aliphatic carbocycles. The van der Waals surface area contributed by atoms with Crippen LogP contribution < -0.4 is 0 Å². The van der Waals surface area contributed by atoms with Crippen LogP contribution in [0.25, 0.3) is 0 Å². The third kappa shape index (κ3) is 36.6. The third-order valence-corrected chi connectivity index (χ3v) is 9.65. The molecule has 0 radical (unpaired) electrons. The summed E-state index contributed by atoms with van der Waals surface area (Å²) in [4.78, 5) is 22.7. The Morgan fingerprint density at radius 3 is 1.40 bits per heavy atom. The zero-order valence-corrected chi connectivity index (χ0v) is 32.7. The predicted octanol–water partition coefficient (Wildman–Crippen LogP) is 10.9. The molecule has 2 unspecified atom stereocenters. The molecule has 0 amide bonds. The van der Waals surface area contributed by atoms with Gasteiger partial charge in [-0.3, -0.25) is 13.8 Å². The van der Waals surface area contributed by atoms with Crippen molar-refractivity contribution in [1.82, 2.24) is 0 Å². The molecule has 0 spiro atoms. The number of hydrogen-bond acceptors (Lipinski definition) is 6. The van der Waals surface area contributed by atoms with Gasteiger partial charge in [-0.15, -0.1) is 0 Å². The first-order valence-electron chi connectivity index (χ1n) is 19.8. The molecule has 8 nitrogen and oxygen atoms in total. The molecule has 0 rings (SSSR count). The van der Waals surface area contributed by atoms with Crippen molar-refractivity contribution < 1.29 is 37.3 Å². The highest BCUT2D eigenvalue weighted by molar-refractivity contribution is 7.47. The van der Waals surface area contributed by atoms with Gasteiger partial charge in [0.05, 0.1) is 34.4 Å². The number of likely N-dealkylation sites (N-methyl/N-ethyl adjacent to an activating group) is 1. The Bertz CT molecular complexity index is 731. The van der Waals surface area contributed by atoms with Crippen LogP contribution in [0.1, 0.15) is 181 Å². The maximum Gasteiger partial charge on any atom is 0.472 e. The van der Waals surface area contributed by atoms with E-state index >= 15 is 0 Å². The van der Waals surface area contributed by atoms with Crippen molar-refractivity contribution in [3.63, 3.8) is 0 Å². The van der Waals surface area contributed by atoms with E-state index in [1.807, 2.05) is 21.1 Å². The molecule has 0 saturated carbocycles. The molecule has 0 bridgehead atoms. The van der Waals surface area contributed by atoms with Crippen LogP contribution in [0, 0.1) is 0 Å². The van der Waals surface area contributed by atoms with E-state index in [4.69, 9.17) is 18.5 Å². The summed E-state index contributed by atoms with van der Waals surface area (Å²) < 4.78 is 34.7. The lowest BCUT2D eigenvalue weighted by Gasteiger charge is -2.24. The Morgan fingerprint density at radius 2 is 0.979 bits per heavy atom. The molecule has 1 N–H and O–H groups in total. The monoisotopic (exact) mass is 693 g/mol. The Labute approximate surface area is 291 Å². The quantitative estimate of drug-likeness (QED) is 0.0300. The Balaban J connectivity index is 4.05. The number of esters is 1. The highest BCUT2D eigenvalue weighted by Crippen LogP contribution is 2.43. The molecule has 0 fully saturated rings. The SMILES string of the molecule is CCCCCCCCCCCCCCCCCCCCCC(=O)OC(COCCCCCCCC)COP(=O)(O)OCC[N+](C)(C)C. The summed E-state index contributed by atoms with van der Waals surface area (Å²) in [5.41, 5.74) is 0. The van der Waals surface area contributed by atoms with Gasteiger partial charge < -0.3 is 18.9 Å². The Kier molecular flexibility index (Phi) is 32.3. The molecule has 47 heavy (non-hydrogen) atoms. The number of quaternary nitrogens is 1. The number of carbonyl (C=O) groups excluding carboxylic acids is 1. The summed E-state index contributed by atoms with van der Waals surface area (Å²) in [7, 11) is 1.68. The second-order valence-corrected chi connectivity index (χ2v) is 16.1. The molecule has 0 aliphatic rings. The van der Waals surface area contributed by atoms with E-state index in [9.17, 15) is 14.3 Å². The highest BCUT2D eigenvalue weighted by atomic mass is 31.2. The number of hydrogen-bond donors (Lipinski definition) is 1. The van der Waals surface area contributed by atoms with Gasteiger partial charge >= 0.3 is 13.8 Å². The molecule has 9 heteroatoms. The van der Waals surface area contributed by atoms with Crippen LogP contribution in [-0.4, -0.2) is 75.6 Å². The summed E-state index contributed by atoms with van der Waals surface area (Å²) in [6.07, 6.45) is 31.5. The topological polar surface area (TPSA) is 91.3 Å². The van der Waals surface area contributed by atoms with Crippen molar-refractivity contribution in [2.75, 3.05) is 54.1 Å². The van der Waals surface area contributed by atoms with Crippen LogP contribution in [-0.2, 0) is 27.9 Å². The van der Waals surface area contributed by atoms with E-state index in [1.165, 1.54) is 128 Å². The molecule has 0 heterocycles. The van der Waals surface area contributed by atoms with E-state index in [2.05, 4.69) is 13.8 Å². The molecule has 0 aromatic carbocycles. The van der Waals surface area contributed by atoms with E-state index in [0.29, 0.717) is 24.1 Å². The number of phosphoric acid groups is 1. The standard InChI is InChI=1S/C38H78NO7P/c1-6-8-10-12-14-15-16-17-18-19-20-21-22-23-24-25-26-27-29-31-38(40)46-37(35-43-33-30-28-13-11-9-7-2)36-45-47(41,42)44-34-32-39(3,4)5/h37H,6-36H2,1-5H3/p+1. The fourth-order valence-corrected chi connectivity index (χ4v) is 6.29. The minimum atomic E-state index is -4.25. The lowest BCUT2D eigenvalue weighted by molar-refractivity contribution is -0.870. The first kappa shape index (κ1) is 46.5.